The van der Waals surface area contributed by atoms with Gasteiger partial charge in [0.15, 0.2) is 11.5 Å². The maximum atomic E-state index is 9.99. The fourth-order valence-corrected chi connectivity index (χ4v) is 3.56. The lowest BCUT2D eigenvalue weighted by Gasteiger charge is -2.23. The van der Waals surface area contributed by atoms with Gasteiger partial charge in [-0.3, -0.25) is 0 Å². The van der Waals surface area contributed by atoms with Crippen LogP contribution in [0.3, 0.4) is 0 Å². The molecule has 152 valence electrons. The van der Waals surface area contributed by atoms with E-state index in [2.05, 4.69) is 0 Å². The highest BCUT2D eigenvalue weighted by Gasteiger charge is 2.23. The summed E-state index contributed by atoms with van der Waals surface area (Å²) < 4.78 is 16.5. The molecule has 0 saturated heterocycles. The van der Waals surface area contributed by atoms with Gasteiger partial charge in [-0.2, -0.15) is 0 Å². The molecule has 0 heterocycles. The second-order valence-corrected chi connectivity index (χ2v) is 6.98. The van der Waals surface area contributed by atoms with Crippen LogP contribution in [-0.2, 0) is 0 Å². The number of ether oxygens (including phenoxy) is 3. The third-order valence-electron chi connectivity index (χ3n) is 5.13. The second kappa shape index (κ2) is 8.35. The Morgan fingerprint density at radius 2 is 1.07 bits per heavy atom. The number of rotatable bonds is 6. The number of hydrogen-bond donors (Lipinski definition) is 2. The van der Waals surface area contributed by atoms with Crippen LogP contribution in [0.5, 0.6) is 28.7 Å². The van der Waals surface area contributed by atoms with Crippen molar-refractivity contribution in [2.75, 3.05) is 21.3 Å². The fourth-order valence-electron chi connectivity index (χ4n) is 3.56. The molecule has 0 atom stereocenters. The number of aryl methyl sites for hydroxylation is 2. The highest BCUT2D eigenvalue weighted by atomic mass is 16.5. The molecule has 3 aromatic rings. The molecule has 3 aromatic carbocycles. The first-order chi connectivity index (χ1) is 13.9. The van der Waals surface area contributed by atoms with E-state index in [0.717, 1.165) is 27.8 Å². The predicted octanol–water partition coefficient (Wildman–Crippen LogP) is 4.92. The zero-order valence-corrected chi connectivity index (χ0v) is 17.3. The van der Waals surface area contributed by atoms with Gasteiger partial charge in [-0.15, -0.1) is 0 Å². The van der Waals surface area contributed by atoms with Crippen LogP contribution in [-0.4, -0.2) is 31.5 Å². The molecule has 3 rings (SSSR count). The Bertz CT molecular complexity index is 949. The average Bonchev–Trinajstić information content (AvgIpc) is 2.72. The van der Waals surface area contributed by atoms with E-state index in [1.54, 1.807) is 33.5 Å². The number of methoxy groups -OCH3 is 3. The smallest absolute Gasteiger partial charge is 0.203 e. The van der Waals surface area contributed by atoms with E-state index in [9.17, 15) is 10.2 Å². The summed E-state index contributed by atoms with van der Waals surface area (Å²) in [6.45, 7) is 3.74. The summed E-state index contributed by atoms with van der Waals surface area (Å²) in [4.78, 5) is 0. The van der Waals surface area contributed by atoms with Gasteiger partial charge in [-0.1, -0.05) is 24.3 Å². The molecule has 2 N–H and O–H groups in total. The van der Waals surface area contributed by atoms with E-state index in [1.165, 1.54) is 0 Å². The first-order valence-electron chi connectivity index (χ1n) is 9.28. The van der Waals surface area contributed by atoms with Crippen LogP contribution < -0.4 is 14.2 Å². The lowest BCUT2D eigenvalue weighted by Crippen LogP contribution is -2.06. The van der Waals surface area contributed by atoms with Crippen LogP contribution in [0.1, 0.15) is 33.7 Å². The van der Waals surface area contributed by atoms with E-state index >= 15 is 0 Å². The summed E-state index contributed by atoms with van der Waals surface area (Å²) in [5.41, 5.74) is 4.51. The lowest BCUT2D eigenvalue weighted by molar-refractivity contribution is 0.323. The summed E-state index contributed by atoms with van der Waals surface area (Å²) in [7, 11) is 4.75. The number of phenolic OH excluding ortho intramolecular Hbond substituents is 2. The van der Waals surface area contributed by atoms with Gasteiger partial charge < -0.3 is 24.4 Å². The van der Waals surface area contributed by atoms with Gasteiger partial charge in [0.05, 0.1) is 21.3 Å². The standard InChI is InChI=1S/C24H26O5/c1-14-10-16(6-8-19(14)25)23(17-7-9-20(26)15(2)11-17)18-12-21(27-3)24(29-5)22(13-18)28-4/h6-13,23,25-26H,1-5H3. The van der Waals surface area contributed by atoms with Crippen molar-refractivity contribution >= 4 is 0 Å². The number of aromatic hydroxyl groups is 2. The van der Waals surface area contributed by atoms with Crippen LogP contribution in [0.15, 0.2) is 48.5 Å². The molecule has 0 unspecified atom stereocenters. The molecule has 0 aromatic heterocycles. The predicted molar refractivity (Wildman–Crippen MR) is 113 cm³/mol. The van der Waals surface area contributed by atoms with Crippen LogP contribution in [0.2, 0.25) is 0 Å². The topological polar surface area (TPSA) is 68.2 Å². The van der Waals surface area contributed by atoms with E-state index in [4.69, 9.17) is 14.2 Å². The van der Waals surface area contributed by atoms with Gasteiger partial charge in [-0.05, 0) is 65.9 Å². The number of phenols is 2. The molecule has 0 aliphatic carbocycles. The van der Waals surface area contributed by atoms with Crippen molar-refractivity contribution in [1.29, 1.82) is 0 Å². The number of benzene rings is 3. The van der Waals surface area contributed by atoms with Crippen LogP contribution >= 0.6 is 0 Å². The monoisotopic (exact) mass is 394 g/mol. The minimum Gasteiger partial charge on any atom is -0.508 e. The summed E-state index contributed by atoms with van der Waals surface area (Å²) >= 11 is 0. The lowest BCUT2D eigenvalue weighted by atomic mass is 9.83. The Morgan fingerprint density at radius 3 is 1.41 bits per heavy atom. The molecular formula is C24H26O5. The van der Waals surface area contributed by atoms with Crippen molar-refractivity contribution in [2.24, 2.45) is 0 Å². The maximum Gasteiger partial charge on any atom is 0.203 e. The molecule has 0 aliphatic rings. The van der Waals surface area contributed by atoms with Crippen molar-refractivity contribution in [1.82, 2.24) is 0 Å². The molecule has 0 fully saturated rings. The van der Waals surface area contributed by atoms with E-state index in [-0.39, 0.29) is 17.4 Å². The van der Waals surface area contributed by atoms with Crippen LogP contribution in [0, 0.1) is 13.8 Å². The first-order valence-corrected chi connectivity index (χ1v) is 9.28. The van der Waals surface area contributed by atoms with E-state index < -0.39 is 0 Å². The minimum atomic E-state index is -0.165. The third kappa shape index (κ3) is 3.94. The van der Waals surface area contributed by atoms with Gasteiger partial charge in [-0.25, -0.2) is 0 Å². The van der Waals surface area contributed by atoms with Gasteiger partial charge in [0.1, 0.15) is 11.5 Å². The highest BCUT2D eigenvalue weighted by Crippen LogP contribution is 2.44. The van der Waals surface area contributed by atoms with Crippen molar-refractivity contribution in [3.63, 3.8) is 0 Å². The fraction of sp³-hybridized carbons (Fsp3) is 0.250. The molecule has 0 radical (unpaired) electrons. The Morgan fingerprint density at radius 1 is 0.621 bits per heavy atom. The Kier molecular flexibility index (Phi) is 5.87. The highest BCUT2D eigenvalue weighted by molar-refractivity contribution is 5.58. The van der Waals surface area contributed by atoms with Crippen LogP contribution in [0.25, 0.3) is 0 Å². The van der Waals surface area contributed by atoms with Crippen molar-refractivity contribution in [2.45, 2.75) is 19.8 Å². The zero-order chi connectivity index (χ0) is 21.1. The number of hydrogen-bond acceptors (Lipinski definition) is 5. The molecule has 5 nitrogen and oxygen atoms in total. The second-order valence-electron chi connectivity index (χ2n) is 6.98. The molecule has 0 bridgehead atoms. The normalized spacial score (nSPS) is 10.8. The molecule has 0 amide bonds. The van der Waals surface area contributed by atoms with Crippen molar-refractivity contribution < 1.29 is 24.4 Å². The SMILES string of the molecule is COc1cc(C(c2ccc(O)c(C)c2)c2ccc(O)c(C)c2)cc(OC)c1OC. The summed E-state index contributed by atoms with van der Waals surface area (Å²) in [6, 6.07) is 15.0. The van der Waals surface area contributed by atoms with E-state index in [1.807, 2.05) is 50.2 Å². The van der Waals surface area contributed by atoms with Crippen molar-refractivity contribution in [3.8, 4) is 28.7 Å². The first kappa shape index (κ1) is 20.4. The van der Waals surface area contributed by atoms with Gasteiger partial charge >= 0.3 is 0 Å². The van der Waals surface area contributed by atoms with E-state index in [0.29, 0.717) is 17.2 Å². The van der Waals surface area contributed by atoms with Crippen LogP contribution in [0.4, 0.5) is 0 Å². The van der Waals surface area contributed by atoms with Crippen molar-refractivity contribution in [3.05, 3.63) is 76.3 Å². The van der Waals surface area contributed by atoms with Gasteiger partial charge in [0.25, 0.3) is 0 Å². The maximum absolute atomic E-state index is 9.99. The quantitative estimate of drug-likeness (QED) is 0.581. The third-order valence-corrected chi connectivity index (χ3v) is 5.13. The van der Waals surface area contributed by atoms with Gasteiger partial charge in [0, 0.05) is 5.92 Å². The average molecular weight is 394 g/mol. The Labute approximate surface area is 171 Å². The summed E-state index contributed by atoms with van der Waals surface area (Å²) in [5, 5.41) is 20.0. The zero-order valence-electron chi connectivity index (χ0n) is 17.3. The molecular weight excluding hydrogens is 368 g/mol. The molecule has 0 aliphatic heterocycles. The summed E-state index contributed by atoms with van der Waals surface area (Å²) in [6.07, 6.45) is 0. The Hall–Kier alpha value is -3.34. The summed E-state index contributed by atoms with van der Waals surface area (Å²) in [5.74, 6) is 2.00. The largest absolute Gasteiger partial charge is 0.508 e. The molecule has 5 heteroatoms. The molecule has 29 heavy (non-hydrogen) atoms. The minimum absolute atomic E-state index is 0.165. The Balaban J connectivity index is 2.27. The molecule has 0 spiro atoms. The van der Waals surface area contributed by atoms with Gasteiger partial charge in [0.2, 0.25) is 5.75 Å². The molecule has 0 saturated carbocycles.